The van der Waals surface area contributed by atoms with Crippen molar-refractivity contribution in [3.05, 3.63) is 59.3 Å². The van der Waals surface area contributed by atoms with Gasteiger partial charge in [0.1, 0.15) is 12.4 Å². The number of nitrogens with one attached hydrogen (secondary N) is 2. The van der Waals surface area contributed by atoms with E-state index < -0.39 is 11.7 Å². The number of halogens is 3. The van der Waals surface area contributed by atoms with Crippen molar-refractivity contribution in [3.8, 4) is 0 Å². The second-order valence-corrected chi connectivity index (χ2v) is 8.06. The fraction of sp³-hybridized carbons (Fsp3) is 0.458. The molecule has 2 aromatic rings. The van der Waals surface area contributed by atoms with E-state index in [2.05, 4.69) is 20.8 Å². The Kier molecular flexibility index (Phi) is 9.69. The summed E-state index contributed by atoms with van der Waals surface area (Å²) in [6, 6.07) is 8.53. The Morgan fingerprint density at radius 2 is 1.88 bits per heavy atom. The van der Waals surface area contributed by atoms with Gasteiger partial charge in [0, 0.05) is 32.2 Å². The fourth-order valence-electron chi connectivity index (χ4n) is 3.36. The highest BCUT2D eigenvalue weighted by Crippen LogP contribution is 2.29. The SMILES string of the molecule is O=C(CNc1ccc(CCC=NOCc2ccc(C(F)(F)F)cc2)cn1)NCC1CCOCC1. The molecule has 1 aliphatic heterocycles. The number of alkyl halides is 3. The van der Waals surface area contributed by atoms with Gasteiger partial charge in [0.05, 0.1) is 12.1 Å². The Labute approximate surface area is 196 Å². The number of aromatic nitrogens is 1. The van der Waals surface area contributed by atoms with Gasteiger partial charge in [0.15, 0.2) is 0 Å². The molecule has 0 saturated carbocycles. The molecule has 1 aromatic heterocycles. The summed E-state index contributed by atoms with van der Waals surface area (Å²) in [6.07, 6.45) is 2.28. The summed E-state index contributed by atoms with van der Waals surface area (Å²) >= 11 is 0. The van der Waals surface area contributed by atoms with Crippen LogP contribution in [0.2, 0.25) is 0 Å². The highest BCUT2D eigenvalue weighted by Gasteiger charge is 2.29. The molecule has 2 heterocycles. The Balaban J connectivity index is 1.28. The summed E-state index contributed by atoms with van der Waals surface area (Å²) in [5, 5.41) is 9.79. The normalized spacial score (nSPS) is 14.8. The Morgan fingerprint density at radius 3 is 2.56 bits per heavy atom. The van der Waals surface area contributed by atoms with Crippen LogP contribution >= 0.6 is 0 Å². The molecular formula is C24H29F3N4O3. The second kappa shape index (κ2) is 12.9. The van der Waals surface area contributed by atoms with Crippen LogP contribution in [0.25, 0.3) is 0 Å². The molecular weight excluding hydrogens is 449 g/mol. The van der Waals surface area contributed by atoms with E-state index in [9.17, 15) is 18.0 Å². The minimum atomic E-state index is -4.35. The number of benzene rings is 1. The predicted molar refractivity (Wildman–Crippen MR) is 122 cm³/mol. The van der Waals surface area contributed by atoms with E-state index in [-0.39, 0.29) is 19.1 Å². The van der Waals surface area contributed by atoms with Gasteiger partial charge in [-0.1, -0.05) is 23.4 Å². The van der Waals surface area contributed by atoms with Crippen molar-refractivity contribution in [2.24, 2.45) is 11.1 Å². The minimum absolute atomic E-state index is 0.0649. The topological polar surface area (TPSA) is 84.8 Å². The first-order chi connectivity index (χ1) is 16.4. The molecule has 0 radical (unpaired) electrons. The number of rotatable bonds is 11. The summed E-state index contributed by atoms with van der Waals surface area (Å²) < 4.78 is 43.0. The first-order valence-electron chi connectivity index (χ1n) is 11.2. The number of carbonyl (C=O) groups is 1. The smallest absolute Gasteiger partial charge is 0.391 e. The summed E-state index contributed by atoms with van der Waals surface area (Å²) in [5.41, 5.74) is 0.918. The van der Waals surface area contributed by atoms with Gasteiger partial charge >= 0.3 is 6.18 Å². The maximum atomic E-state index is 12.5. The molecule has 1 fully saturated rings. The van der Waals surface area contributed by atoms with Crippen LogP contribution in [-0.4, -0.2) is 43.4 Å². The molecule has 3 rings (SSSR count). The molecule has 0 spiro atoms. The number of hydrogen-bond donors (Lipinski definition) is 2. The van der Waals surface area contributed by atoms with E-state index in [0.717, 1.165) is 43.8 Å². The third-order valence-electron chi connectivity index (χ3n) is 5.41. The number of anilines is 1. The third-order valence-corrected chi connectivity index (χ3v) is 5.41. The van der Waals surface area contributed by atoms with Crippen molar-refractivity contribution in [3.63, 3.8) is 0 Å². The van der Waals surface area contributed by atoms with Gasteiger partial charge in [-0.05, 0) is 60.9 Å². The summed E-state index contributed by atoms with van der Waals surface area (Å²) in [4.78, 5) is 21.4. The lowest BCUT2D eigenvalue weighted by molar-refractivity contribution is -0.137. The van der Waals surface area contributed by atoms with Crippen LogP contribution in [0.5, 0.6) is 0 Å². The van der Waals surface area contributed by atoms with Crippen molar-refractivity contribution < 1.29 is 27.5 Å². The van der Waals surface area contributed by atoms with Gasteiger partial charge in [-0.2, -0.15) is 13.2 Å². The molecule has 7 nitrogen and oxygen atoms in total. The van der Waals surface area contributed by atoms with Crippen LogP contribution in [0.3, 0.4) is 0 Å². The standard InChI is InChI=1S/C24H29F3N4O3/c25-24(26,27)21-6-3-20(4-7-21)17-34-31-11-1-2-18-5-8-22(28-14-18)29-16-23(32)30-15-19-9-12-33-13-10-19/h3-8,11,14,19H,1-2,9-10,12-13,15-17H2,(H,28,29)(H,30,32). The van der Waals surface area contributed by atoms with E-state index in [1.807, 2.05) is 12.1 Å². The largest absolute Gasteiger partial charge is 0.416 e. The van der Waals surface area contributed by atoms with Crippen LogP contribution in [0, 0.1) is 5.92 Å². The molecule has 0 aliphatic carbocycles. The zero-order chi connectivity index (χ0) is 24.2. The van der Waals surface area contributed by atoms with Crippen LogP contribution < -0.4 is 10.6 Å². The lowest BCUT2D eigenvalue weighted by Crippen LogP contribution is -2.35. The van der Waals surface area contributed by atoms with Crippen molar-refractivity contribution in [2.45, 2.75) is 38.5 Å². The molecule has 1 amide bonds. The van der Waals surface area contributed by atoms with E-state index in [0.29, 0.717) is 36.7 Å². The van der Waals surface area contributed by atoms with Crippen LogP contribution in [0.1, 0.15) is 36.0 Å². The lowest BCUT2D eigenvalue weighted by atomic mass is 10.0. The van der Waals surface area contributed by atoms with Crippen LogP contribution in [0.15, 0.2) is 47.8 Å². The molecule has 1 aromatic carbocycles. The van der Waals surface area contributed by atoms with E-state index >= 15 is 0 Å². The summed E-state index contributed by atoms with van der Waals surface area (Å²) in [7, 11) is 0. The molecule has 0 unspecified atom stereocenters. The van der Waals surface area contributed by atoms with Crippen molar-refractivity contribution >= 4 is 17.9 Å². The van der Waals surface area contributed by atoms with E-state index in [1.54, 1.807) is 12.4 Å². The number of aryl methyl sites for hydroxylation is 1. The maximum Gasteiger partial charge on any atom is 0.416 e. The first-order valence-corrected chi connectivity index (χ1v) is 11.2. The number of pyridine rings is 1. The van der Waals surface area contributed by atoms with Crippen molar-refractivity contribution in [1.82, 2.24) is 10.3 Å². The minimum Gasteiger partial charge on any atom is -0.391 e. The summed E-state index contributed by atoms with van der Waals surface area (Å²) in [6.45, 7) is 2.46. The molecule has 184 valence electrons. The Bertz CT molecular complexity index is 913. The molecule has 0 atom stereocenters. The lowest BCUT2D eigenvalue weighted by Gasteiger charge is -2.22. The molecule has 10 heteroatoms. The molecule has 1 aliphatic rings. The zero-order valence-corrected chi connectivity index (χ0v) is 18.8. The van der Waals surface area contributed by atoms with Crippen LogP contribution in [0.4, 0.5) is 19.0 Å². The van der Waals surface area contributed by atoms with E-state index in [1.165, 1.54) is 12.1 Å². The second-order valence-electron chi connectivity index (χ2n) is 8.06. The van der Waals surface area contributed by atoms with Gasteiger partial charge < -0.3 is 20.2 Å². The molecule has 2 N–H and O–H groups in total. The highest BCUT2D eigenvalue weighted by molar-refractivity contribution is 5.80. The fourth-order valence-corrected chi connectivity index (χ4v) is 3.36. The van der Waals surface area contributed by atoms with Gasteiger partial charge in [0.25, 0.3) is 0 Å². The summed E-state index contributed by atoms with van der Waals surface area (Å²) in [5.74, 6) is 1.04. The number of carbonyl (C=O) groups excluding carboxylic acids is 1. The van der Waals surface area contributed by atoms with Gasteiger partial charge in [0.2, 0.25) is 5.91 Å². The maximum absolute atomic E-state index is 12.5. The molecule has 0 bridgehead atoms. The first kappa shape index (κ1) is 25.5. The zero-order valence-electron chi connectivity index (χ0n) is 18.8. The molecule has 1 saturated heterocycles. The number of ether oxygens (including phenoxy) is 1. The van der Waals surface area contributed by atoms with Crippen molar-refractivity contribution in [1.29, 1.82) is 0 Å². The Morgan fingerprint density at radius 1 is 1.15 bits per heavy atom. The number of amides is 1. The van der Waals surface area contributed by atoms with Gasteiger partial charge in [-0.3, -0.25) is 4.79 Å². The van der Waals surface area contributed by atoms with Gasteiger partial charge in [-0.25, -0.2) is 4.98 Å². The van der Waals surface area contributed by atoms with Crippen molar-refractivity contribution in [2.75, 3.05) is 31.6 Å². The predicted octanol–water partition coefficient (Wildman–Crippen LogP) is 4.19. The number of hydrogen-bond acceptors (Lipinski definition) is 6. The third kappa shape index (κ3) is 9.01. The average molecular weight is 479 g/mol. The van der Waals surface area contributed by atoms with Crippen LogP contribution in [-0.2, 0) is 33.6 Å². The highest BCUT2D eigenvalue weighted by atomic mass is 19.4. The number of oxime groups is 1. The number of nitrogens with zero attached hydrogens (tertiary/aromatic N) is 2. The quantitative estimate of drug-likeness (QED) is 0.374. The monoisotopic (exact) mass is 478 g/mol. The Hall–Kier alpha value is -3.14. The molecule has 34 heavy (non-hydrogen) atoms. The average Bonchev–Trinajstić information content (AvgIpc) is 2.84. The van der Waals surface area contributed by atoms with E-state index in [4.69, 9.17) is 9.57 Å². The van der Waals surface area contributed by atoms with Gasteiger partial charge in [-0.15, -0.1) is 0 Å².